The Morgan fingerprint density at radius 3 is 0.902 bits per heavy atom. The second-order valence-electron chi connectivity index (χ2n) is 12.6. The van der Waals surface area contributed by atoms with E-state index in [1.165, 1.54) is 20.7 Å². The van der Waals surface area contributed by atoms with Gasteiger partial charge in [-0.05, 0) is 30.8 Å². The molecule has 0 N–H and O–H groups in total. The predicted octanol–water partition coefficient (Wildman–Crippen LogP) is 6.21. The van der Waals surface area contributed by atoms with Gasteiger partial charge in [0.15, 0.2) is 0 Å². The molecule has 0 fully saturated rings. The quantitative estimate of drug-likeness (QED) is 0.152. The largest absolute Gasteiger partial charge is 0.356 e. The molecule has 0 aromatic heterocycles. The van der Waals surface area contributed by atoms with Gasteiger partial charge in [-0.2, -0.15) is 0 Å². The van der Waals surface area contributed by atoms with Crippen molar-refractivity contribution < 1.29 is 4.74 Å². The third-order valence-electron chi connectivity index (χ3n) is 7.98. The highest BCUT2D eigenvalue weighted by atomic mass is 28.3. The molecular weight excluding hydrogens is 529 g/mol. The van der Waals surface area contributed by atoms with Gasteiger partial charge in [0.2, 0.25) is 16.1 Å². The highest BCUT2D eigenvalue weighted by molar-refractivity contribution is 7.10. The maximum atomic E-state index is 6.09. The van der Waals surface area contributed by atoms with Crippen molar-refractivity contribution in [3.63, 3.8) is 0 Å². The zero-order valence-electron chi connectivity index (χ0n) is 25.4. The molecule has 0 saturated heterocycles. The summed E-state index contributed by atoms with van der Waals surface area (Å²) in [7, 11) is -4.86. The van der Waals surface area contributed by atoms with Gasteiger partial charge in [0.1, 0.15) is 13.2 Å². The fourth-order valence-electron chi connectivity index (χ4n) is 5.97. The molecular formula is C38H42OSi2. The van der Waals surface area contributed by atoms with Crippen LogP contribution >= 0.6 is 0 Å². The van der Waals surface area contributed by atoms with E-state index < -0.39 is 16.1 Å². The van der Waals surface area contributed by atoms with Crippen LogP contribution in [0.15, 0.2) is 121 Å². The molecule has 0 aliphatic rings. The monoisotopic (exact) mass is 570 g/mol. The summed E-state index contributed by atoms with van der Waals surface area (Å²) in [5.74, 6) is 6.91. The Bertz CT molecular complexity index is 1310. The minimum Gasteiger partial charge on any atom is -0.356 e. The van der Waals surface area contributed by atoms with E-state index in [1.54, 1.807) is 0 Å². The maximum absolute atomic E-state index is 6.09. The molecule has 3 heteroatoms. The summed E-state index contributed by atoms with van der Waals surface area (Å²) in [6.45, 7) is 14.7. The van der Waals surface area contributed by atoms with Crippen LogP contribution in [0.2, 0.25) is 10.1 Å². The number of hydrogen-bond acceptors (Lipinski definition) is 1. The lowest BCUT2D eigenvalue weighted by molar-refractivity contribution is 0.204. The lowest BCUT2D eigenvalue weighted by Gasteiger charge is -2.39. The molecule has 0 spiro atoms. The van der Waals surface area contributed by atoms with Gasteiger partial charge in [-0.25, -0.2) is 0 Å². The smallest absolute Gasteiger partial charge is 0.204 e. The third-order valence-corrected chi connectivity index (χ3v) is 18.4. The first kappa shape index (κ1) is 30.4. The van der Waals surface area contributed by atoms with Gasteiger partial charge in [-0.15, -0.1) is 11.1 Å². The Morgan fingerprint density at radius 1 is 0.439 bits per heavy atom. The fraction of sp³-hybridized carbons (Fsp3) is 0.263. The fourth-order valence-corrected chi connectivity index (χ4v) is 14.9. The van der Waals surface area contributed by atoms with Crippen molar-refractivity contribution in [1.82, 2.24) is 0 Å². The third kappa shape index (κ3) is 6.34. The summed E-state index contributed by atoms with van der Waals surface area (Å²) < 4.78 is 6.09. The van der Waals surface area contributed by atoms with Crippen LogP contribution in [0.25, 0.3) is 0 Å². The average Bonchev–Trinajstić information content (AvgIpc) is 2.97. The molecule has 0 amide bonds. The summed E-state index contributed by atoms with van der Waals surface area (Å²) in [5.41, 5.74) is 7.63. The van der Waals surface area contributed by atoms with Crippen LogP contribution in [-0.4, -0.2) is 29.4 Å². The second-order valence-corrected chi connectivity index (χ2v) is 21.4. The molecule has 0 bridgehead atoms. The summed E-state index contributed by atoms with van der Waals surface area (Å²) in [6.07, 6.45) is 0. The first-order valence-electron chi connectivity index (χ1n) is 14.4. The van der Waals surface area contributed by atoms with Gasteiger partial charge in [-0.1, -0.05) is 175 Å². The van der Waals surface area contributed by atoms with E-state index >= 15 is 0 Å². The topological polar surface area (TPSA) is 9.23 Å². The Balaban J connectivity index is 1.64. The Labute approximate surface area is 250 Å². The average molecular weight is 571 g/mol. The summed E-state index contributed by atoms with van der Waals surface area (Å²) >= 11 is 0. The minimum absolute atomic E-state index is 0.00814. The lowest BCUT2D eigenvalue weighted by Crippen LogP contribution is -2.63. The summed E-state index contributed by atoms with van der Waals surface area (Å²) in [6, 6.07) is 43.3. The van der Waals surface area contributed by atoms with Crippen molar-refractivity contribution in [2.24, 2.45) is 0 Å². The highest BCUT2D eigenvalue weighted by Gasteiger charge is 2.48. The molecule has 0 radical (unpaired) electrons. The number of benzene rings is 4. The summed E-state index contributed by atoms with van der Waals surface area (Å²) in [4.78, 5) is 0. The Morgan fingerprint density at radius 2 is 0.683 bits per heavy atom. The summed E-state index contributed by atoms with van der Waals surface area (Å²) in [5, 5.41) is 5.31. The minimum atomic E-state index is -2.43. The second kappa shape index (κ2) is 12.9. The molecule has 4 aromatic rings. The number of ether oxygens (including phenoxy) is 1. The molecule has 0 aliphatic heterocycles. The van der Waals surface area contributed by atoms with Crippen LogP contribution in [0, 0.1) is 22.9 Å². The van der Waals surface area contributed by atoms with Gasteiger partial charge in [0.25, 0.3) is 0 Å². The van der Waals surface area contributed by atoms with Crippen LogP contribution in [0.5, 0.6) is 0 Å². The molecule has 0 unspecified atom stereocenters. The number of rotatable bonds is 6. The van der Waals surface area contributed by atoms with Crippen LogP contribution in [0.1, 0.15) is 41.5 Å². The van der Waals surface area contributed by atoms with Crippen LogP contribution in [-0.2, 0) is 4.74 Å². The van der Waals surface area contributed by atoms with E-state index in [4.69, 9.17) is 4.74 Å². The normalized spacial score (nSPS) is 12.0. The molecule has 0 atom stereocenters. The lowest BCUT2D eigenvalue weighted by atomic mass is 10.2. The van der Waals surface area contributed by atoms with Crippen molar-refractivity contribution in [2.45, 2.75) is 51.6 Å². The van der Waals surface area contributed by atoms with Crippen LogP contribution in [0.3, 0.4) is 0 Å². The number of hydrogen-bond donors (Lipinski definition) is 0. The predicted molar refractivity (Wildman–Crippen MR) is 182 cm³/mol. The van der Waals surface area contributed by atoms with E-state index in [-0.39, 0.29) is 10.1 Å². The molecule has 0 aliphatic carbocycles. The van der Waals surface area contributed by atoms with Gasteiger partial charge < -0.3 is 4.74 Å². The Kier molecular flexibility index (Phi) is 9.57. The van der Waals surface area contributed by atoms with Crippen molar-refractivity contribution in [2.75, 3.05) is 13.2 Å². The van der Waals surface area contributed by atoms with Gasteiger partial charge in [-0.3, -0.25) is 0 Å². The molecule has 41 heavy (non-hydrogen) atoms. The van der Waals surface area contributed by atoms with Crippen LogP contribution < -0.4 is 20.7 Å². The zero-order chi connectivity index (χ0) is 29.4. The van der Waals surface area contributed by atoms with Gasteiger partial charge in [0, 0.05) is 0 Å². The van der Waals surface area contributed by atoms with Gasteiger partial charge in [0.05, 0.1) is 0 Å². The first-order chi connectivity index (χ1) is 19.6. The Hall–Kier alpha value is -3.61. The van der Waals surface area contributed by atoms with E-state index in [0.29, 0.717) is 13.2 Å². The maximum Gasteiger partial charge on any atom is 0.204 e. The van der Waals surface area contributed by atoms with Gasteiger partial charge >= 0.3 is 0 Å². The molecule has 208 valence electrons. The standard InChI is InChI=1S/C38H42OSi2/c1-37(2,3)40(33-21-11-7-12-22-33,34-23-13-8-14-24-34)31-19-29-39-30-20-32-41(38(4,5)6,35-25-15-9-16-26-35)36-27-17-10-18-28-36/h7-18,21-28H,29-30H2,1-6H3. The van der Waals surface area contributed by atoms with E-state index in [1.807, 2.05) is 0 Å². The molecule has 1 nitrogen and oxygen atoms in total. The van der Waals surface area contributed by atoms with Crippen molar-refractivity contribution in [3.8, 4) is 22.9 Å². The van der Waals surface area contributed by atoms with Crippen molar-refractivity contribution in [3.05, 3.63) is 121 Å². The van der Waals surface area contributed by atoms with Crippen LogP contribution in [0.4, 0.5) is 0 Å². The van der Waals surface area contributed by atoms with Crippen molar-refractivity contribution in [1.29, 1.82) is 0 Å². The van der Waals surface area contributed by atoms with E-state index in [2.05, 4.69) is 186 Å². The molecule has 4 aromatic carbocycles. The van der Waals surface area contributed by atoms with E-state index in [0.717, 1.165) is 0 Å². The van der Waals surface area contributed by atoms with Crippen molar-refractivity contribution >= 4 is 36.9 Å². The van der Waals surface area contributed by atoms with E-state index in [9.17, 15) is 0 Å². The highest BCUT2D eigenvalue weighted by Crippen LogP contribution is 2.36. The molecule has 0 heterocycles. The molecule has 4 rings (SSSR count). The molecule has 0 saturated carbocycles. The zero-order valence-corrected chi connectivity index (χ0v) is 27.4. The SMILES string of the molecule is CC(C)(C)[Si](C#CCOCC#C[Si](c1ccccc1)(c1ccccc1)C(C)(C)C)(c1ccccc1)c1ccccc1. The first-order valence-corrected chi connectivity index (χ1v) is 18.4.